The fraction of sp³-hybridized carbons (Fsp3) is 0.286. The van der Waals surface area contributed by atoms with Crippen molar-refractivity contribution in [2.45, 2.75) is 0 Å². The van der Waals surface area contributed by atoms with E-state index in [9.17, 15) is 4.79 Å². The first kappa shape index (κ1) is 9.12. The molecule has 5 heteroatoms. The second-order valence-corrected chi connectivity index (χ2v) is 2.88. The first-order chi connectivity index (χ1) is 5.70. The molecule has 1 heterocycles. The first-order valence-corrected chi connectivity index (χ1v) is 4.03. The normalized spacial score (nSPS) is 9.58. The van der Waals surface area contributed by atoms with E-state index in [-0.39, 0.29) is 5.76 Å². The van der Waals surface area contributed by atoms with E-state index in [1.54, 1.807) is 7.05 Å². The molecule has 0 unspecified atom stereocenters. The highest BCUT2D eigenvalue weighted by molar-refractivity contribution is 9.10. The minimum absolute atomic E-state index is 0.173. The molecular formula is C7H8BrNO3. The van der Waals surface area contributed by atoms with E-state index in [4.69, 9.17) is 4.42 Å². The van der Waals surface area contributed by atoms with Crippen LogP contribution in [0.5, 0.6) is 0 Å². The van der Waals surface area contributed by atoms with Crippen molar-refractivity contribution < 1.29 is 13.9 Å². The highest BCUT2D eigenvalue weighted by Gasteiger charge is 2.18. The summed E-state index contributed by atoms with van der Waals surface area (Å²) in [5.74, 6) is -0.322. The smallest absolute Gasteiger partial charge is 0.376 e. The number of anilines is 1. The number of carbonyl (C=O) groups excluding carboxylic acids is 1. The Morgan fingerprint density at radius 1 is 1.75 bits per heavy atom. The number of halogens is 1. The number of carbonyl (C=O) groups is 1. The van der Waals surface area contributed by atoms with Crippen LogP contribution in [0.2, 0.25) is 0 Å². The van der Waals surface area contributed by atoms with Crippen molar-refractivity contribution in [1.82, 2.24) is 0 Å². The summed E-state index contributed by atoms with van der Waals surface area (Å²) < 4.78 is 10.2. The maximum atomic E-state index is 11.0. The van der Waals surface area contributed by atoms with Crippen LogP contribution in [0.15, 0.2) is 15.2 Å². The molecule has 1 rings (SSSR count). The van der Waals surface area contributed by atoms with Crippen molar-refractivity contribution in [2.24, 2.45) is 0 Å². The maximum absolute atomic E-state index is 11.0. The van der Waals surface area contributed by atoms with Crippen LogP contribution < -0.4 is 5.32 Å². The largest absolute Gasteiger partial charge is 0.463 e. The highest BCUT2D eigenvalue weighted by Crippen LogP contribution is 2.28. The Morgan fingerprint density at radius 2 is 2.42 bits per heavy atom. The zero-order valence-corrected chi connectivity index (χ0v) is 8.27. The lowest BCUT2D eigenvalue weighted by atomic mass is 10.4. The summed E-state index contributed by atoms with van der Waals surface area (Å²) in [5, 5.41) is 2.82. The summed E-state index contributed by atoms with van der Waals surface area (Å²) in [6.45, 7) is 0. The van der Waals surface area contributed by atoms with Gasteiger partial charge in [0.15, 0.2) is 0 Å². The average molecular weight is 234 g/mol. The average Bonchev–Trinajstić information content (AvgIpc) is 2.45. The van der Waals surface area contributed by atoms with Crippen LogP contribution >= 0.6 is 15.9 Å². The highest BCUT2D eigenvalue weighted by atomic mass is 79.9. The predicted octanol–water partition coefficient (Wildman–Crippen LogP) is 1.87. The third-order valence-corrected chi connectivity index (χ3v) is 1.95. The van der Waals surface area contributed by atoms with E-state index in [1.807, 2.05) is 0 Å². The fourth-order valence-corrected chi connectivity index (χ4v) is 1.28. The summed E-state index contributed by atoms with van der Waals surface area (Å²) in [6, 6.07) is 0. The van der Waals surface area contributed by atoms with E-state index in [1.165, 1.54) is 13.4 Å². The molecule has 4 nitrogen and oxygen atoms in total. The molecule has 0 aliphatic heterocycles. The van der Waals surface area contributed by atoms with Gasteiger partial charge in [-0.2, -0.15) is 0 Å². The summed E-state index contributed by atoms with van der Waals surface area (Å²) in [4.78, 5) is 11.0. The molecule has 0 amide bonds. The van der Waals surface area contributed by atoms with Gasteiger partial charge in [0.05, 0.1) is 11.6 Å². The van der Waals surface area contributed by atoms with E-state index in [0.29, 0.717) is 10.2 Å². The van der Waals surface area contributed by atoms with Gasteiger partial charge in [-0.05, 0) is 15.9 Å². The van der Waals surface area contributed by atoms with Gasteiger partial charge >= 0.3 is 5.97 Å². The first-order valence-electron chi connectivity index (χ1n) is 3.23. The zero-order valence-electron chi connectivity index (χ0n) is 6.68. The molecule has 12 heavy (non-hydrogen) atoms. The lowest BCUT2D eigenvalue weighted by Gasteiger charge is -1.99. The monoisotopic (exact) mass is 233 g/mol. The van der Waals surface area contributed by atoms with Gasteiger partial charge in [0.1, 0.15) is 12.0 Å². The van der Waals surface area contributed by atoms with Gasteiger partial charge in [-0.15, -0.1) is 0 Å². The van der Waals surface area contributed by atoms with E-state index in [2.05, 4.69) is 26.0 Å². The summed E-state index contributed by atoms with van der Waals surface area (Å²) in [7, 11) is 3.00. The van der Waals surface area contributed by atoms with Crippen molar-refractivity contribution in [3.63, 3.8) is 0 Å². The second-order valence-electron chi connectivity index (χ2n) is 2.03. The third-order valence-electron chi connectivity index (χ3n) is 1.37. The number of ether oxygens (including phenoxy) is 1. The second kappa shape index (κ2) is 3.62. The van der Waals surface area contributed by atoms with E-state index >= 15 is 0 Å². The zero-order chi connectivity index (χ0) is 9.14. The Balaban J connectivity index is 3.07. The molecule has 1 aromatic heterocycles. The van der Waals surface area contributed by atoms with Crippen LogP contribution in [0, 0.1) is 0 Å². The Labute approximate surface area is 78.0 Å². The number of nitrogens with one attached hydrogen (secondary N) is 1. The number of furan rings is 1. The Hall–Kier alpha value is -0.970. The number of hydrogen-bond donors (Lipinski definition) is 1. The maximum Gasteiger partial charge on any atom is 0.376 e. The summed E-state index contributed by atoms with van der Waals surface area (Å²) in [5.41, 5.74) is 0.599. The van der Waals surface area contributed by atoms with Crippen LogP contribution in [0.3, 0.4) is 0 Å². The Morgan fingerprint density at radius 3 is 2.92 bits per heavy atom. The molecular weight excluding hydrogens is 226 g/mol. The van der Waals surface area contributed by atoms with E-state index in [0.717, 1.165) is 0 Å². The van der Waals surface area contributed by atoms with Crippen molar-refractivity contribution in [3.8, 4) is 0 Å². The molecule has 0 aliphatic rings. The molecule has 0 saturated carbocycles. The van der Waals surface area contributed by atoms with Crippen LogP contribution in [-0.4, -0.2) is 20.1 Å². The van der Waals surface area contributed by atoms with Crippen LogP contribution in [0.1, 0.15) is 10.6 Å². The van der Waals surface area contributed by atoms with Gasteiger partial charge < -0.3 is 14.5 Å². The van der Waals surface area contributed by atoms with Crippen molar-refractivity contribution in [2.75, 3.05) is 19.5 Å². The van der Waals surface area contributed by atoms with Crippen LogP contribution in [0.4, 0.5) is 5.69 Å². The molecule has 0 saturated heterocycles. The molecule has 66 valence electrons. The summed E-state index contributed by atoms with van der Waals surface area (Å²) >= 11 is 3.21. The van der Waals surface area contributed by atoms with Gasteiger partial charge in [0, 0.05) is 7.05 Å². The van der Waals surface area contributed by atoms with Gasteiger partial charge in [-0.25, -0.2) is 4.79 Å². The quantitative estimate of drug-likeness (QED) is 0.793. The van der Waals surface area contributed by atoms with Gasteiger partial charge in [-0.3, -0.25) is 0 Å². The SMILES string of the molecule is CNc1c(Br)coc1C(=O)OC. The standard InChI is InChI=1S/C7H8BrNO3/c1-9-5-4(8)3-12-6(5)7(10)11-2/h3,9H,1-2H3. The fourth-order valence-electron chi connectivity index (χ4n) is 0.813. The molecule has 1 aromatic rings. The van der Waals surface area contributed by atoms with Crippen LogP contribution in [0.25, 0.3) is 0 Å². The number of methoxy groups -OCH3 is 1. The molecule has 0 fully saturated rings. The number of hydrogen-bond acceptors (Lipinski definition) is 4. The molecule has 0 atom stereocenters. The van der Waals surface area contributed by atoms with Crippen molar-refractivity contribution in [1.29, 1.82) is 0 Å². The molecule has 0 radical (unpaired) electrons. The predicted molar refractivity (Wildman–Crippen MR) is 47.3 cm³/mol. The minimum atomic E-state index is -0.495. The van der Waals surface area contributed by atoms with Gasteiger partial charge in [-0.1, -0.05) is 0 Å². The number of rotatable bonds is 2. The van der Waals surface area contributed by atoms with Crippen molar-refractivity contribution in [3.05, 3.63) is 16.5 Å². The Bertz CT molecular complexity index is 295. The van der Waals surface area contributed by atoms with Gasteiger partial charge in [0.25, 0.3) is 0 Å². The molecule has 0 aliphatic carbocycles. The topological polar surface area (TPSA) is 51.5 Å². The molecule has 0 aromatic carbocycles. The van der Waals surface area contributed by atoms with Crippen molar-refractivity contribution >= 4 is 27.6 Å². The summed E-state index contributed by atoms with van der Waals surface area (Å²) in [6.07, 6.45) is 1.43. The number of esters is 1. The Kier molecular flexibility index (Phi) is 2.75. The molecule has 0 bridgehead atoms. The minimum Gasteiger partial charge on any atom is -0.463 e. The van der Waals surface area contributed by atoms with Gasteiger partial charge in [0.2, 0.25) is 5.76 Å². The van der Waals surface area contributed by atoms with E-state index < -0.39 is 5.97 Å². The lowest BCUT2D eigenvalue weighted by molar-refractivity contribution is 0.0566. The lowest BCUT2D eigenvalue weighted by Crippen LogP contribution is -2.02. The van der Waals surface area contributed by atoms with Crippen LogP contribution in [-0.2, 0) is 4.74 Å². The molecule has 0 spiro atoms. The third kappa shape index (κ3) is 1.45. The molecule has 1 N–H and O–H groups in total.